The van der Waals surface area contributed by atoms with Crippen molar-refractivity contribution in [3.05, 3.63) is 85.0 Å². The van der Waals surface area contributed by atoms with Gasteiger partial charge < -0.3 is 5.11 Å². The van der Waals surface area contributed by atoms with Gasteiger partial charge in [-0.25, -0.2) is 10.2 Å². The Morgan fingerprint density at radius 2 is 1.90 bits per heavy atom. The van der Waals surface area contributed by atoms with Gasteiger partial charge in [0.1, 0.15) is 5.75 Å². The highest BCUT2D eigenvalue weighted by Crippen LogP contribution is 2.22. The molecule has 0 aliphatic carbocycles. The number of nitrogens with zero attached hydrogens (tertiary/aromatic N) is 5. The van der Waals surface area contributed by atoms with E-state index in [1.165, 1.54) is 17.8 Å². The van der Waals surface area contributed by atoms with E-state index in [1.807, 2.05) is 24.3 Å². The Labute approximate surface area is 185 Å². The smallest absolute Gasteiger partial charge is 0.332 e. The van der Waals surface area contributed by atoms with Crippen LogP contribution in [0.25, 0.3) is 11.2 Å². The zero-order valence-corrected chi connectivity index (χ0v) is 18.4. The Bertz CT molecular complexity index is 1430. The Balaban J connectivity index is 1.84. The number of benzene rings is 2. The van der Waals surface area contributed by atoms with Crippen molar-refractivity contribution in [1.82, 2.24) is 18.7 Å². The molecule has 0 fully saturated rings. The van der Waals surface area contributed by atoms with Gasteiger partial charge in [-0.05, 0) is 29.3 Å². The third kappa shape index (κ3) is 3.89. The van der Waals surface area contributed by atoms with Crippen molar-refractivity contribution >= 4 is 39.3 Å². The second-order valence-corrected chi connectivity index (χ2v) is 7.81. The number of aryl methyl sites for hydroxylation is 1. The molecule has 0 spiro atoms. The van der Waals surface area contributed by atoms with Gasteiger partial charge in [0.15, 0.2) is 11.2 Å². The summed E-state index contributed by atoms with van der Waals surface area (Å²) in [5, 5.41) is 13.8. The summed E-state index contributed by atoms with van der Waals surface area (Å²) in [6, 6.07) is 14.3. The topological polar surface area (TPSA) is 106 Å². The van der Waals surface area contributed by atoms with Crippen molar-refractivity contribution in [2.24, 2.45) is 19.2 Å². The van der Waals surface area contributed by atoms with Crippen LogP contribution in [0.1, 0.15) is 11.1 Å². The number of rotatable bonds is 5. The number of aromatic hydroxyl groups is 1. The van der Waals surface area contributed by atoms with Crippen molar-refractivity contribution in [3.8, 4) is 5.75 Å². The minimum atomic E-state index is -0.460. The molecule has 31 heavy (non-hydrogen) atoms. The number of phenolic OH excluding ortho intramolecular Hbond substituents is 1. The lowest BCUT2D eigenvalue weighted by Gasteiger charge is -2.10. The van der Waals surface area contributed by atoms with Gasteiger partial charge in [-0.2, -0.15) is 10.1 Å². The summed E-state index contributed by atoms with van der Waals surface area (Å²) >= 11 is 3.53. The standard InChI is InChI=1S/C21H19BrN6O3/c1-26-18-17(19(30)27(2)21(26)31)28(12-14-7-3-4-9-16(14)22)20(24-18)25-23-11-13-6-5-8-15(29)10-13/h3-11,29H,12H2,1-2H3,(H,24,25). The van der Waals surface area contributed by atoms with E-state index in [0.29, 0.717) is 18.1 Å². The first-order valence-corrected chi connectivity index (χ1v) is 10.1. The van der Waals surface area contributed by atoms with Gasteiger partial charge in [0.2, 0.25) is 5.95 Å². The Morgan fingerprint density at radius 1 is 1.13 bits per heavy atom. The highest BCUT2D eigenvalue weighted by Gasteiger charge is 2.19. The molecule has 0 amide bonds. The number of imidazole rings is 1. The zero-order chi connectivity index (χ0) is 22.1. The average Bonchev–Trinajstić information content (AvgIpc) is 3.11. The zero-order valence-electron chi connectivity index (χ0n) is 16.8. The van der Waals surface area contributed by atoms with E-state index < -0.39 is 11.2 Å². The third-order valence-electron chi connectivity index (χ3n) is 4.88. The molecule has 0 unspecified atom stereocenters. The van der Waals surface area contributed by atoms with Gasteiger partial charge in [0, 0.05) is 18.6 Å². The molecule has 0 aliphatic rings. The van der Waals surface area contributed by atoms with E-state index >= 15 is 0 Å². The van der Waals surface area contributed by atoms with Crippen molar-refractivity contribution in [2.45, 2.75) is 6.54 Å². The number of hydrogen-bond acceptors (Lipinski definition) is 6. The van der Waals surface area contributed by atoms with Crippen LogP contribution in [0.15, 0.2) is 67.7 Å². The minimum Gasteiger partial charge on any atom is -0.508 e. The SMILES string of the molecule is Cn1c(=O)c2c(nc(NN=Cc3cccc(O)c3)n2Cc2ccccc2Br)n(C)c1=O. The largest absolute Gasteiger partial charge is 0.508 e. The van der Waals surface area contributed by atoms with Crippen LogP contribution in [-0.2, 0) is 20.6 Å². The van der Waals surface area contributed by atoms with Crippen molar-refractivity contribution in [2.75, 3.05) is 5.43 Å². The maximum atomic E-state index is 12.9. The molecule has 10 heteroatoms. The molecule has 4 aromatic rings. The normalized spacial score (nSPS) is 11.5. The van der Waals surface area contributed by atoms with Crippen LogP contribution in [0, 0.1) is 0 Å². The molecule has 2 N–H and O–H groups in total. The van der Waals surface area contributed by atoms with Gasteiger partial charge >= 0.3 is 5.69 Å². The Kier molecular flexibility index (Phi) is 5.47. The predicted octanol–water partition coefficient (Wildman–Crippen LogP) is 2.40. The number of hydrogen-bond donors (Lipinski definition) is 2. The van der Waals surface area contributed by atoms with Crippen LogP contribution in [0.4, 0.5) is 5.95 Å². The minimum absolute atomic E-state index is 0.128. The highest BCUT2D eigenvalue weighted by molar-refractivity contribution is 9.10. The highest BCUT2D eigenvalue weighted by atomic mass is 79.9. The molecule has 2 heterocycles. The van der Waals surface area contributed by atoms with Crippen LogP contribution in [0.2, 0.25) is 0 Å². The Morgan fingerprint density at radius 3 is 2.65 bits per heavy atom. The maximum absolute atomic E-state index is 12.9. The Hall–Kier alpha value is -3.66. The lowest BCUT2D eigenvalue weighted by molar-refractivity contribution is 0.475. The van der Waals surface area contributed by atoms with Crippen LogP contribution < -0.4 is 16.7 Å². The number of fused-ring (bicyclic) bond motifs is 1. The first kappa shape index (κ1) is 20.6. The molecular weight excluding hydrogens is 464 g/mol. The second-order valence-electron chi connectivity index (χ2n) is 6.96. The van der Waals surface area contributed by atoms with Crippen LogP contribution in [0.3, 0.4) is 0 Å². The molecule has 0 atom stereocenters. The molecule has 0 saturated carbocycles. The van der Waals surface area contributed by atoms with Gasteiger partial charge in [-0.15, -0.1) is 0 Å². The maximum Gasteiger partial charge on any atom is 0.332 e. The third-order valence-corrected chi connectivity index (χ3v) is 5.66. The quantitative estimate of drug-likeness (QED) is 0.335. The number of halogens is 1. The van der Waals surface area contributed by atoms with Gasteiger partial charge in [-0.3, -0.25) is 18.5 Å². The predicted molar refractivity (Wildman–Crippen MR) is 123 cm³/mol. The van der Waals surface area contributed by atoms with E-state index in [9.17, 15) is 14.7 Å². The van der Waals surface area contributed by atoms with E-state index in [4.69, 9.17) is 0 Å². The number of anilines is 1. The fraction of sp³-hybridized carbons (Fsp3) is 0.143. The molecular formula is C21H19BrN6O3. The van der Waals surface area contributed by atoms with E-state index in [-0.39, 0.29) is 16.9 Å². The van der Waals surface area contributed by atoms with E-state index in [2.05, 4.69) is 31.4 Å². The van der Waals surface area contributed by atoms with Gasteiger partial charge in [-0.1, -0.05) is 46.3 Å². The lowest BCUT2D eigenvalue weighted by atomic mass is 10.2. The van der Waals surface area contributed by atoms with Crippen LogP contribution in [-0.4, -0.2) is 30.0 Å². The van der Waals surface area contributed by atoms with Crippen molar-refractivity contribution < 1.29 is 5.11 Å². The van der Waals surface area contributed by atoms with Crippen LogP contribution in [0.5, 0.6) is 5.75 Å². The molecule has 0 saturated heterocycles. The first-order chi connectivity index (χ1) is 14.9. The van der Waals surface area contributed by atoms with Crippen molar-refractivity contribution in [1.29, 1.82) is 0 Å². The fourth-order valence-corrected chi connectivity index (χ4v) is 3.66. The first-order valence-electron chi connectivity index (χ1n) is 9.34. The summed E-state index contributed by atoms with van der Waals surface area (Å²) in [5.41, 5.74) is 4.12. The summed E-state index contributed by atoms with van der Waals surface area (Å²) < 4.78 is 4.96. The molecule has 4 rings (SSSR count). The summed E-state index contributed by atoms with van der Waals surface area (Å²) in [6.07, 6.45) is 1.53. The number of phenols is 1. The van der Waals surface area contributed by atoms with Crippen molar-refractivity contribution in [3.63, 3.8) is 0 Å². The molecule has 0 aliphatic heterocycles. The number of aromatic nitrogens is 4. The van der Waals surface area contributed by atoms with Crippen LogP contribution >= 0.6 is 15.9 Å². The van der Waals surface area contributed by atoms with Gasteiger partial charge in [0.25, 0.3) is 5.56 Å². The van der Waals surface area contributed by atoms with Gasteiger partial charge in [0.05, 0.1) is 12.8 Å². The molecule has 158 valence electrons. The molecule has 0 bridgehead atoms. The molecule has 9 nitrogen and oxygen atoms in total. The molecule has 2 aromatic carbocycles. The molecule has 0 radical (unpaired) electrons. The molecule has 2 aromatic heterocycles. The van der Waals surface area contributed by atoms with E-state index in [0.717, 1.165) is 14.6 Å². The summed E-state index contributed by atoms with van der Waals surface area (Å²) in [7, 11) is 3.01. The number of nitrogens with one attached hydrogen (secondary N) is 1. The number of hydrazone groups is 1. The monoisotopic (exact) mass is 482 g/mol. The lowest BCUT2D eigenvalue weighted by Crippen LogP contribution is -2.37. The van der Waals surface area contributed by atoms with E-state index in [1.54, 1.807) is 35.9 Å². The summed E-state index contributed by atoms with van der Waals surface area (Å²) in [4.78, 5) is 29.8. The summed E-state index contributed by atoms with van der Waals surface area (Å²) in [5.74, 6) is 0.434. The fourth-order valence-electron chi connectivity index (χ4n) is 3.25. The second kappa shape index (κ2) is 8.23. The average molecular weight is 483 g/mol. The summed E-state index contributed by atoms with van der Waals surface area (Å²) in [6.45, 7) is 0.329.